The summed E-state index contributed by atoms with van der Waals surface area (Å²) in [6.07, 6.45) is 5.48. The van der Waals surface area contributed by atoms with E-state index in [1.54, 1.807) is 34.4 Å². The Labute approximate surface area is 193 Å². The van der Waals surface area contributed by atoms with Crippen molar-refractivity contribution in [1.29, 1.82) is 0 Å². The van der Waals surface area contributed by atoms with E-state index < -0.39 is 10.0 Å². The number of hydrogen-bond acceptors (Lipinski definition) is 6. The molecule has 4 rings (SSSR count). The molecule has 0 radical (unpaired) electrons. The Hall–Kier alpha value is -2.07. The highest BCUT2D eigenvalue weighted by atomic mass is 32.2. The molecule has 172 valence electrons. The lowest BCUT2D eigenvalue weighted by molar-refractivity contribution is -0.0440. The highest BCUT2D eigenvalue weighted by Gasteiger charge is 2.33. The van der Waals surface area contributed by atoms with Crippen LogP contribution in [-0.4, -0.2) is 55.5 Å². The molecule has 0 spiro atoms. The van der Waals surface area contributed by atoms with Crippen LogP contribution in [0.2, 0.25) is 0 Å². The summed E-state index contributed by atoms with van der Waals surface area (Å²) >= 11 is 1.55. The Morgan fingerprint density at radius 1 is 1.28 bits per heavy atom. The fourth-order valence-corrected chi connectivity index (χ4v) is 7.04. The molecule has 1 aliphatic carbocycles. The van der Waals surface area contributed by atoms with Gasteiger partial charge in [0.15, 0.2) is 5.13 Å². The van der Waals surface area contributed by atoms with E-state index in [1.165, 1.54) is 21.3 Å². The number of hydrogen-bond donors (Lipinski definition) is 0. The molecule has 1 saturated heterocycles. The number of fused-ring (bicyclic) bond motifs is 1. The number of aryl methyl sites for hydroxylation is 2. The molecular weight excluding hydrogens is 446 g/mol. The van der Waals surface area contributed by atoms with Gasteiger partial charge in [-0.15, -0.1) is 17.9 Å². The maximum absolute atomic E-state index is 13.4. The third-order valence-electron chi connectivity index (χ3n) is 5.73. The summed E-state index contributed by atoms with van der Waals surface area (Å²) in [6.45, 7) is 8.39. The second-order valence-electron chi connectivity index (χ2n) is 8.39. The summed E-state index contributed by atoms with van der Waals surface area (Å²) in [5.74, 6) is -0.281. The fourth-order valence-electron chi connectivity index (χ4n) is 4.25. The third kappa shape index (κ3) is 4.66. The molecule has 0 N–H and O–H groups in total. The molecule has 2 heterocycles. The second-order valence-corrected chi connectivity index (χ2v) is 11.4. The molecule has 0 bridgehead atoms. The van der Waals surface area contributed by atoms with Gasteiger partial charge in [0.25, 0.3) is 5.91 Å². The van der Waals surface area contributed by atoms with Crippen LogP contribution >= 0.6 is 11.3 Å². The van der Waals surface area contributed by atoms with Gasteiger partial charge in [-0.05, 0) is 57.7 Å². The summed E-state index contributed by atoms with van der Waals surface area (Å²) in [6, 6.07) is 6.27. The third-order valence-corrected chi connectivity index (χ3v) is 8.74. The number of morpholine rings is 1. The van der Waals surface area contributed by atoms with Crippen LogP contribution in [0.15, 0.2) is 41.8 Å². The first-order valence-electron chi connectivity index (χ1n) is 11.0. The van der Waals surface area contributed by atoms with Crippen LogP contribution in [0, 0.1) is 0 Å². The molecule has 32 heavy (non-hydrogen) atoms. The first kappa shape index (κ1) is 23.1. The number of rotatable bonds is 6. The number of amides is 1. The van der Waals surface area contributed by atoms with Crippen molar-refractivity contribution in [2.24, 2.45) is 0 Å². The van der Waals surface area contributed by atoms with Gasteiger partial charge in [0.05, 0.1) is 22.8 Å². The average molecular weight is 476 g/mol. The summed E-state index contributed by atoms with van der Waals surface area (Å²) in [5.41, 5.74) is 1.39. The lowest BCUT2D eigenvalue weighted by atomic mass is 10.0. The number of aromatic nitrogens is 1. The van der Waals surface area contributed by atoms with Crippen molar-refractivity contribution >= 4 is 32.4 Å². The van der Waals surface area contributed by atoms with Crippen LogP contribution in [0.4, 0.5) is 5.13 Å². The molecule has 1 aromatic heterocycles. The molecule has 1 aromatic carbocycles. The Morgan fingerprint density at radius 2 is 2.00 bits per heavy atom. The molecule has 0 unspecified atom stereocenters. The van der Waals surface area contributed by atoms with Gasteiger partial charge in [-0.25, -0.2) is 13.4 Å². The molecule has 2 aliphatic rings. The van der Waals surface area contributed by atoms with Crippen molar-refractivity contribution in [3.63, 3.8) is 0 Å². The smallest absolute Gasteiger partial charge is 0.260 e. The molecule has 7 nitrogen and oxygen atoms in total. The van der Waals surface area contributed by atoms with E-state index in [0.29, 0.717) is 17.2 Å². The Balaban J connectivity index is 1.63. The van der Waals surface area contributed by atoms with E-state index in [-0.39, 0.29) is 36.1 Å². The normalized spacial score (nSPS) is 21.7. The first-order valence-corrected chi connectivity index (χ1v) is 13.2. The SMILES string of the molecule is C=CCN(C(=O)c1cccc(S(=O)(=O)N2C[C@@H](C)O[C@H](C)C2)c1)c1nc2c(s1)CCCC2. The minimum atomic E-state index is -3.74. The van der Waals surface area contributed by atoms with Crippen LogP contribution in [-0.2, 0) is 27.6 Å². The summed E-state index contributed by atoms with van der Waals surface area (Å²) in [7, 11) is -3.74. The van der Waals surface area contributed by atoms with Gasteiger partial charge in [-0.3, -0.25) is 9.69 Å². The zero-order valence-corrected chi connectivity index (χ0v) is 20.1. The summed E-state index contributed by atoms with van der Waals surface area (Å²) < 4.78 is 33.6. The van der Waals surface area contributed by atoms with Gasteiger partial charge in [-0.1, -0.05) is 12.1 Å². The molecule has 1 aliphatic heterocycles. The molecule has 2 aromatic rings. The number of thiazole rings is 1. The van der Waals surface area contributed by atoms with E-state index in [9.17, 15) is 13.2 Å². The van der Waals surface area contributed by atoms with E-state index in [2.05, 4.69) is 6.58 Å². The van der Waals surface area contributed by atoms with Gasteiger partial charge < -0.3 is 4.74 Å². The molecule has 1 amide bonds. The lowest BCUT2D eigenvalue weighted by Gasteiger charge is -2.34. The van der Waals surface area contributed by atoms with Gasteiger partial charge in [-0.2, -0.15) is 4.31 Å². The Kier molecular flexibility index (Phi) is 6.80. The van der Waals surface area contributed by atoms with Gasteiger partial charge in [0.1, 0.15) is 0 Å². The minimum Gasteiger partial charge on any atom is -0.373 e. The minimum absolute atomic E-state index is 0.113. The number of carbonyl (C=O) groups excluding carboxylic acids is 1. The van der Waals surface area contributed by atoms with Crippen molar-refractivity contribution < 1.29 is 17.9 Å². The molecule has 0 saturated carbocycles. The zero-order chi connectivity index (χ0) is 22.9. The van der Waals surface area contributed by atoms with Crippen molar-refractivity contribution in [2.75, 3.05) is 24.5 Å². The van der Waals surface area contributed by atoms with Gasteiger partial charge in [0, 0.05) is 30.1 Å². The largest absolute Gasteiger partial charge is 0.373 e. The van der Waals surface area contributed by atoms with Crippen molar-refractivity contribution in [1.82, 2.24) is 9.29 Å². The van der Waals surface area contributed by atoms with E-state index in [0.717, 1.165) is 31.4 Å². The molecule has 9 heteroatoms. The van der Waals surface area contributed by atoms with Crippen molar-refractivity contribution in [3.8, 4) is 0 Å². The number of anilines is 1. The number of ether oxygens (including phenoxy) is 1. The quantitative estimate of drug-likeness (QED) is 0.596. The maximum atomic E-state index is 13.4. The van der Waals surface area contributed by atoms with Crippen molar-refractivity contribution in [2.45, 2.75) is 56.6 Å². The fraction of sp³-hybridized carbons (Fsp3) is 0.478. The van der Waals surface area contributed by atoms with E-state index in [1.807, 2.05) is 13.8 Å². The van der Waals surface area contributed by atoms with Gasteiger partial charge >= 0.3 is 0 Å². The topological polar surface area (TPSA) is 79.8 Å². The molecule has 1 fully saturated rings. The van der Waals surface area contributed by atoms with E-state index in [4.69, 9.17) is 9.72 Å². The predicted molar refractivity (Wildman–Crippen MR) is 126 cm³/mol. The van der Waals surface area contributed by atoms with Crippen LogP contribution in [0.25, 0.3) is 0 Å². The molecule has 2 atom stereocenters. The van der Waals surface area contributed by atoms with Crippen LogP contribution < -0.4 is 4.90 Å². The van der Waals surface area contributed by atoms with E-state index >= 15 is 0 Å². The lowest BCUT2D eigenvalue weighted by Crippen LogP contribution is -2.48. The van der Waals surface area contributed by atoms with Crippen LogP contribution in [0.5, 0.6) is 0 Å². The average Bonchev–Trinajstić information content (AvgIpc) is 3.20. The van der Waals surface area contributed by atoms with Crippen LogP contribution in [0.3, 0.4) is 0 Å². The summed E-state index contributed by atoms with van der Waals surface area (Å²) in [5, 5.41) is 0.644. The maximum Gasteiger partial charge on any atom is 0.260 e. The second kappa shape index (κ2) is 9.43. The Bertz CT molecular complexity index is 1080. The zero-order valence-electron chi connectivity index (χ0n) is 18.5. The number of carbonyl (C=O) groups is 1. The monoisotopic (exact) mass is 475 g/mol. The highest BCUT2D eigenvalue weighted by Crippen LogP contribution is 2.33. The van der Waals surface area contributed by atoms with Crippen LogP contribution in [0.1, 0.15) is 47.6 Å². The number of benzene rings is 1. The Morgan fingerprint density at radius 3 is 2.69 bits per heavy atom. The first-order chi connectivity index (χ1) is 15.3. The summed E-state index contributed by atoms with van der Waals surface area (Å²) in [4.78, 5) is 21.1. The predicted octanol–water partition coefficient (Wildman–Crippen LogP) is 3.65. The van der Waals surface area contributed by atoms with Gasteiger partial charge in [0.2, 0.25) is 10.0 Å². The highest BCUT2D eigenvalue weighted by molar-refractivity contribution is 7.89. The number of sulfonamides is 1. The number of nitrogens with zero attached hydrogens (tertiary/aromatic N) is 3. The standard InChI is InChI=1S/C23H29N3O4S2/c1-4-12-26(23-24-20-10-5-6-11-21(20)31-23)22(27)18-8-7-9-19(13-18)32(28,29)25-14-16(2)30-17(3)15-25/h4,7-9,13,16-17H,1,5-6,10-12,14-15H2,2-3H3/t16-,17-/m1/s1. The van der Waals surface area contributed by atoms with Crippen molar-refractivity contribution in [3.05, 3.63) is 53.1 Å². The molecular formula is C23H29N3O4S2.